The Kier molecular flexibility index (Phi) is 4.67. The van der Waals surface area contributed by atoms with Crippen LogP contribution in [-0.4, -0.2) is 73.5 Å². The molecule has 2 heterocycles. The van der Waals surface area contributed by atoms with E-state index >= 15 is 0 Å². The highest BCUT2D eigenvalue weighted by Gasteiger charge is 2.35. The normalized spacial score (nSPS) is 18.4. The molecule has 7 heteroatoms. The van der Waals surface area contributed by atoms with E-state index in [0.29, 0.717) is 24.5 Å². The summed E-state index contributed by atoms with van der Waals surface area (Å²) >= 11 is 0. The number of rotatable bonds is 3. The lowest BCUT2D eigenvalue weighted by molar-refractivity contribution is -0.126. The molecule has 1 fully saturated rings. The number of aromatic amines is 1. The van der Waals surface area contributed by atoms with Gasteiger partial charge in [0, 0.05) is 32.1 Å². The minimum Gasteiger partial charge on any atom is -0.495 e. The molecule has 2 N–H and O–H groups in total. The van der Waals surface area contributed by atoms with Crippen molar-refractivity contribution in [3.05, 3.63) is 29.5 Å². The second-order valence-electron chi connectivity index (χ2n) is 6.40. The van der Waals surface area contributed by atoms with Gasteiger partial charge in [0.25, 0.3) is 5.91 Å². The molecule has 2 aromatic rings. The van der Waals surface area contributed by atoms with Crippen LogP contribution >= 0.6 is 0 Å². The van der Waals surface area contributed by atoms with Gasteiger partial charge in [0.1, 0.15) is 17.5 Å². The van der Waals surface area contributed by atoms with Gasteiger partial charge in [-0.15, -0.1) is 0 Å². The predicted octanol–water partition coefficient (Wildman–Crippen LogP) is 0.987. The van der Waals surface area contributed by atoms with Gasteiger partial charge in [-0.3, -0.25) is 9.59 Å². The van der Waals surface area contributed by atoms with Crippen LogP contribution in [0.2, 0.25) is 0 Å². The zero-order valence-corrected chi connectivity index (χ0v) is 15.0. The van der Waals surface area contributed by atoms with Gasteiger partial charge in [0.15, 0.2) is 0 Å². The number of H-pyrrole nitrogens is 1. The SMILES string of the molecule is CNC(=O)C1CN(C)CCN1C(=O)c1[nH]c2c(OC)cccc2c1C. The van der Waals surface area contributed by atoms with Gasteiger partial charge < -0.3 is 24.8 Å². The summed E-state index contributed by atoms with van der Waals surface area (Å²) in [5, 5.41) is 3.61. The number of hydrogen-bond donors (Lipinski definition) is 2. The number of aromatic nitrogens is 1. The number of nitrogens with zero attached hydrogens (tertiary/aromatic N) is 2. The largest absolute Gasteiger partial charge is 0.495 e. The van der Waals surface area contributed by atoms with Gasteiger partial charge in [-0.25, -0.2) is 0 Å². The van der Waals surface area contributed by atoms with Crippen molar-refractivity contribution in [3.63, 3.8) is 0 Å². The summed E-state index contributed by atoms with van der Waals surface area (Å²) < 4.78 is 5.38. The number of likely N-dealkylation sites (N-methyl/N-ethyl adjacent to an activating group) is 2. The van der Waals surface area contributed by atoms with Crippen molar-refractivity contribution in [2.45, 2.75) is 13.0 Å². The molecule has 0 aliphatic carbocycles. The van der Waals surface area contributed by atoms with Gasteiger partial charge in [0.05, 0.1) is 12.6 Å². The van der Waals surface area contributed by atoms with Gasteiger partial charge in [-0.1, -0.05) is 12.1 Å². The number of hydrogen-bond acceptors (Lipinski definition) is 4. The van der Waals surface area contributed by atoms with Crippen LogP contribution in [0.25, 0.3) is 10.9 Å². The Balaban J connectivity index is 2.00. The molecule has 0 radical (unpaired) electrons. The Morgan fingerprint density at radius 3 is 2.76 bits per heavy atom. The molecule has 0 saturated carbocycles. The lowest BCUT2D eigenvalue weighted by Crippen LogP contribution is -2.59. The van der Waals surface area contributed by atoms with E-state index in [-0.39, 0.29) is 11.8 Å². The minimum absolute atomic E-state index is 0.147. The van der Waals surface area contributed by atoms with Crippen LogP contribution in [0.4, 0.5) is 0 Å². The average Bonchev–Trinajstić information content (AvgIpc) is 2.97. The number of ether oxygens (including phenoxy) is 1. The van der Waals surface area contributed by atoms with Gasteiger partial charge in [-0.05, 0) is 25.6 Å². The number of methoxy groups -OCH3 is 1. The summed E-state index contributed by atoms with van der Waals surface area (Å²) in [5.74, 6) is 0.393. The lowest BCUT2D eigenvalue weighted by Gasteiger charge is -2.38. The zero-order valence-electron chi connectivity index (χ0n) is 15.0. The first-order valence-corrected chi connectivity index (χ1v) is 8.34. The number of carbonyl (C=O) groups is 2. The maximum atomic E-state index is 13.2. The van der Waals surface area contributed by atoms with E-state index in [1.807, 2.05) is 32.2 Å². The van der Waals surface area contributed by atoms with E-state index in [2.05, 4.69) is 15.2 Å². The van der Waals surface area contributed by atoms with Crippen LogP contribution in [0, 0.1) is 6.92 Å². The van der Waals surface area contributed by atoms with Crippen molar-refractivity contribution < 1.29 is 14.3 Å². The first kappa shape index (κ1) is 17.3. The molecule has 1 aliphatic heterocycles. The zero-order chi connectivity index (χ0) is 18.1. The van der Waals surface area contributed by atoms with E-state index in [9.17, 15) is 9.59 Å². The molecule has 1 saturated heterocycles. The summed E-state index contributed by atoms with van der Waals surface area (Å²) in [6, 6.07) is 5.22. The van der Waals surface area contributed by atoms with Crippen molar-refractivity contribution in [3.8, 4) is 5.75 Å². The molecule has 1 aromatic carbocycles. The van der Waals surface area contributed by atoms with E-state index in [0.717, 1.165) is 23.0 Å². The number of carbonyl (C=O) groups excluding carboxylic acids is 2. The van der Waals surface area contributed by atoms with E-state index in [1.54, 1.807) is 19.1 Å². The summed E-state index contributed by atoms with van der Waals surface area (Å²) in [4.78, 5) is 32.4. The van der Waals surface area contributed by atoms with Crippen molar-refractivity contribution in [1.82, 2.24) is 20.1 Å². The van der Waals surface area contributed by atoms with Crippen molar-refractivity contribution in [2.75, 3.05) is 40.8 Å². The molecule has 25 heavy (non-hydrogen) atoms. The molecule has 1 unspecified atom stereocenters. The molecule has 0 bridgehead atoms. The average molecular weight is 344 g/mol. The molecule has 1 aromatic heterocycles. The first-order chi connectivity index (χ1) is 12.0. The van der Waals surface area contributed by atoms with Gasteiger partial charge in [0.2, 0.25) is 5.91 Å². The third-order valence-corrected chi connectivity index (χ3v) is 4.88. The van der Waals surface area contributed by atoms with Crippen molar-refractivity contribution >= 4 is 22.7 Å². The van der Waals surface area contributed by atoms with Crippen LogP contribution in [0.5, 0.6) is 5.75 Å². The Morgan fingerprint density at radius 1 is 1.32 bits per heavy atom. The number of benzene rings is 1. The second-order valence-corrected chi connectivity index (χ2v) is 6.40. The van der Waals surface area contributed by atoms with Crippen molar-refractivity contribution in [2.24, 2.45) is 0 Å². The molecular formula is C18H24N4O3. The van der Waals surface area contributed by atoms with Crippen LogP contribution in [0.3, 0.4) is 0 Å². The molecule has 1 aliphatic rings. The fraction of sp³-hybridized carbons (Fsp3) is 0.444. The molecule has 1 atom stereocenters. The summed E-state index contributed by atoms with van der Waals surface area (Å²) in [6.45, 7) is 3.69. The predicted molar refractivity (Wildman–Crippen MR) is 96.0 cm³/mol. The molecule has 0 spiro atoms. The Labute approximate surface area is 146 Å². The lowest BCUT2D eigenvalue weighted by atomic mass is 10.1. The highest BCUT2D eigenvalue weighted by molar-refractivity contribution is 6.03. The fourth-order valence-corrected chi connectivity index (χ4v) is 3.41. The maximum absolute atomic E-state index is 13.2. The van der Waals surface area contributed by atoms with E-state index in [4.69, 9.17) is 4.74 Å². The number of piperazine rings is 1. The number of nitrogens with one attached hydrogen (secondary N) is 2. The Bertz CT molecular complexity index is 814. The highest BCUT2D eigenvalue weighted by Crippen LogP contribution is 2.30. The third-order valence-electron chi connectivity index (χ3n) is 4.88. The van der Waals surface area contributed by atoms with Crippen molar-refractivity contribution in [1.29, 1.82) is 0 Å². The highest BCUT2D eigenvalue weighted by atomic mass is 16.5. The van der Waals surface area contributed by atoms with Crippen LogP contribution in [0.15, 0.2) is 18.2 Å². The van der Waals surface area contributed by atoms with Crippen LogP contribution in [-0.2, 0) is 4.79 Å². The number of amides is 2. The summed E-state index contributed by atoms with van der Waals surface area (Å²) in [5.41, 5.74) is 2.18. The Hall–Kier alpha value is -2.54. The molecule has 2 amide bonds. The second kappa shape index (κ2) is 6.76. The third kappa shape index (κ3) is 2.95. The van der Waals surface area contributed by atoms with Crippen LogP contribution in [0.1, 0.15) is 16.1 Å². The monoisotopic (exact) mass is 344 g/mol. The number of para-hydroxylation sites is 1. The Morgan fingerprint density at radius 2 is 2.08 bits per heavy atom. The molecule has 7 nitrogen and oxygen atoms in total. The molecule has 134 valence electrons. The summed E-state index contributed by atoms with van der Waals surface area (Å²) in [6.07, 6.45) is 0. The van der Waals surface area contributed by atoms with Gasteiger partial charge in [-0.2, -0.15) is 0 Å². The number of fused-ring (bicyclic) bond motifs is 1. The van der Waals surface area contributed by atoms with E-state index in [1.165, 1.54) is 0 Å². The smallest absolute Gasteiger partial charge is 0.271 e. The van der Waals surface area contributed by atoms with E-state index < -0.39 is 6.04 Å². The quantitative estimate of drug-likeness (QED) is 0.870. The maximum Gasteiger partial charge on any atom is 0.271 e. The number of aryl methyl sites for hydroxylation is 1. The van der Waals surface area contributed by atoms with Crippen LogP contribution < -0.4 is 10.1 Å². The molecular weight excluding hydrogens is 320 g/mol. The first-order valence-electron chi connectivity index (χ1n) is 8.34. The molecule has 3 rings (SSSR count). The summed E-state index contributed by atoms with van der Waals surface area (Å²) in [7, 11) is 5.16. The minimum atomic E-state index is -0.496. The topological polar surface area (TPSA) is 77.7 Å². The van der Waals surface area contributed by atoms with Gasteiger partial charge >= 0.3 is 0 Å². The fourth-order valence-electron chi connectivity index (χ4n) is 3.41. The standard InChI is InChI=1S/C18H24N4O3/c1-11-12-6-5-7-14(25-4)16(12)20-15(11)18(24)22-9-8-21(3)10-13(22)17(23)19-2/h5-7,13,20H,8-10H2,1-4H3,(H,19,23).